The minimum absolute atomic E-state index is 1.02. The van der Waals surface area contributed by atoms with Gasteiger partial charge in [0, 0.05) is 62.0 Å². The molecule has 2 aromatic rings. The van der Waals surface area contributed by atoms with Crippen molar-refractivity contribution in [3.05, 3.63) is 51.8 Å². The van der Waals surface area contributed by atoms with Crippen molar-refractivity contribution >= 4 is 15.9 Å². The van der Waals surface area contributed by atoms with Gasteiger partial charge in [-0.2, -0.15) is 5.10 Å². The molecule has 3 rings (SSSR count). The molecule has 0 atom stereocenters. The highest BCUT2D eigenvalue weighted by Crippen LogP contribution is 2.15. The Kier molecular flexibility index (Phi) is 4.96. The Hall–Kier alpha value is -1.17. The minimum Gasteiger partial charge on any atom is -0.297 e. The number of benzene rings is 1. The van der Waals surface area contributed by atoms with E-state index in [-0.39, 0.29) is 0 Å². The predicted molar refractivity (Wildman–Crippen MR) is 92.6 cm³/mol. The van der Waals surface area contributed by atoms with Crippen LogP contribution in [-0.4, -0.2) is 45.8 Å². The summed E-state index contributed by atoms with van der Waals surface area (Å²) in [5.74, 6) is 0. The summed E-state index contributed by atoms with van der Waals surface area (Å²) in [5.41, 5.74) is 4.01. The molecule has 1 aromatic carbocycles. The molecule has 0 unspecified atom stereocenters. The van der Waals surface area contributed by atoms with Gasteiger partial charge in [0.2, 0.25) is 0 Å². The van der Waals surface area contributed by atoms with Crippen LogP contribution in [-0.2, 0) is 20.1 Å². The molecule has 0 spiro atoms. The first kappa shape index (κ1) is 15.7. The third-order valence-electron chi connectivity index (χ3n) is 4.52. The van der Waals surface area contributed by atoms with E-state index in [9.17, 15) is 0 Å². The number of aromatic nitrogens is 2. The number of hydrogen-bond donors (Lipinski definition) is 0. The van der Waals surface area contributed by atoms with Gasteiger partial charge in [-0.15, -0.1) is 0 Å². The average molecular weight is 363 g/mol. The van der Waals surface area contributed by atoms with Crippen molar-refractivity contribution in [3.8, 4) is 0 Å². The van der Waals surface area contributed by atoms with Crippen molar-refractivity contribution in [1.82, 2.24) is 19.6 Å². The highest BCUT2D eigenvalue weighted by atomic mass is 79.9. The quantitative estimate of drug-likeness (QED) is 0.835. The SMILES string of the molecule is Cc1c(CN2CCN(Cc3ccc(Br)cc3)CC2)cnn1C. The molecule has 0 N–H and O–H groups in total. The van der Waals surface area contributed by atoms with E-state index in [0.717, 1.165) is 43.7 Å². The number of nitrogens with zero attached hydrogens (tertiary/aromatic N) is 4. The Morgan fingerprint density at radius 2 is 1.59 bits per heavy atom. The highest BCUT2D eigenvalue weighted by molar-refractivity contribution is 9.10. The summed E-state index contributed by atoms with van der Waals surface area (Å²) in [5, 5.41) is 4.34. The maximum absolute atomic E-state index is 4.34. The van der Waals surface area contributed by atoms with Crippen LogP contribution in [0, 0.1) is 6.92 Å². The van der Waals surface area contributed by atoms with Crippen molar-refractivity contribution in [3.63, 3.8) is 0 Å². The summed E-state index contributed by atoms with van der Waals surface area (Å²) in [6, 6.07) is 8.65. The molecule has 0 saturated carbocycles. The van der Waals surface area contributed by atoms with E-state index in [1.54, 1.807) is 0 Å². The number of hydrogen-bond acceptors (Lipinski definition) is 3. The molecule has 0 aliphatic carbocycles. The van der Waals surface area contributed by atoms with Crippen LogP contribution in [0.2, 0.25) is 0 Å². The Balaban J connectivity index is 1.50. The van der Waals surface area contributed by atoms with Crippen LogP contribution in [0.5, 0.6) is 0 Å². The van der Waals surface area contributed by atoms with Crippen LogP contribution < -0.4 is 0 Å². The van der Waals surface area contributed by atoms with Crippen LogP contribution in [0.3, 0.4) is 0 Å². The summed E-state index contributed by atoms with van der Waals surface area (Å²) < 4.78 is 3.10. The van der Waals surface area contributed by atoms with Gasteiger partial charge in [-0.3, -0.25) is 14.5 Å². The van der Waals surface area contributed by atoms with Crippen molar-refractivity contribution in [2.75, 3.05) is 26.2 Å². The Morgan fingerprint density at radius 1 is 1.00 bits per heavy atom. The van der Waals surface area contributed by atoms with Crippen LogP contribution >= 0.6 is 15.9 Å². The summed E-state index contributed by atoms with van der Waals surface area (Å²) in [4.78, 5) is 5.07. The van der Waals surface area contributed by atoms with Crippen LogP contribution in [0.15, 0.2) is 34.9 Å². The van der Waals surface area contributed by atoms with E-state index in [4.69, 9.17) is 0 Å². The van der Waals surface area contributed by atoms with E-state index >= 15 is 0 Å². The van der Waals surface area contributed by atoms with Gasteiger partial charge in [-0.05, 0) is 24.6 Å². The predicted octanol–water partition coefficient (Wildman–Crippen LogP) is 2.81. The van der Waals surface area contributed by atoms with E-state index in [0.29, 0.717) is 0 Å². The Morgan fingerprint density at radius 3 is 2.14 bits per heavy atom. The summed E-state index contributed by atoms with van der Waals surface area (Å²) in [6.07, 6.45) is 2.00. The maximum Gasteiger partial charge on any atom is 0.0537 e. The zero-order chi connectivity index (χ0) is 15.5. The molecule has 118 valence electrons. The average Bonchev–Trinajstić information content (AvgIpc) is 2.84. The fourth-order valence-electron chi connectivity index (χ4n) is 2.89. The highest BCUT2D eigenvalue weighted by Gasteiger charge is 2.18. The molecule has 22 heavy (non-hydrogen) atoms. The fraction of sp³-hybridized carbons (Fsp3) is 0.471. The van der Waals surface area contributed by atoms with Gasteiger partial charge in [-0.25, -0.2) is 0 Å². The lowest BCUT2D eigenvalue weighted by Gasteiger charge is -2.34. The molecular weight excluding hydrogens is 340 g/mol. The van der Waals surface area contributed by atoms with Crippen LogP contribution in [0.25, 0.3) is 0 Å². The van der Waals surface area contributed by atoms with Crippen molar-refractivity contribution in [1.29, 1.82) is 0 Å². The van der Waals surface area contributed by atoms with Crippen molar-refractivity contribution < 1.29 is 0 Å². The van der Waals surface area contributed by atoms with Crippen LogP contribution in [0.1, 0.15) is 16.8 Å². The maximum atomic E-state index is 4.34. The summed E-state index contributed by atoms with van der Waals surface area (Å²) >= 11 is 3.49. The lowest BCUT2D eigenvalue weighted by Crippen LogP contribution is -2.45. The normalized spacial score (nSPS) is 17.0. The second-order valence-corrected chi connectivity index (χ2v) is 6.97. The number of aryl methyl sites for hydroxylation is 1. The largest absolute Gasteiger partial charge is 0.297 e. The fourth-order valence-corrected chi connectivity index (χ4v) is 3.16. The van der Waals surface area contributed by atoms with Crippen molar-refractivity contribution in [2.45, 2.75) is 20.0 Å². The monoisotopic (exact) mass is 362 g/mol. The van der Waals surface area contributed by atoms with Gasteiger partial charge in [0.1, 0.15) is 0 Å². The molecule has 2 heterocycles. The number of rotatable bonds is 4. The van der Waals surface area contributed by atoms with E-state index in [1.807, 2.05) is 17.9 Å². The minimum atomic E-state index is 1.02. The summed E-state index contributed by atoms with van der Waals surface area (Å²) in [6.45, 7) is 8.74. The molecule has 0 radical (unpaired) electrons. The Bertz CT molecular complexity index is 612. The second kappa shape index (κ2) is 6.94. The van der Waals surface area contributed by atoms with E-state index in [2.05, 4.69) is 62.0 Å². The molecule has 5 heteroatoms. The number of halogens is 1. The van der Waals surface area contributed by atoms with Gasteiger partial charge >= 0.3 is 0 Å². The van der Waals surface area contributed by atoms with Crippen LogP contribution in [0.4, 0.5) is 0 Å². The van der Waals surface area contributed by atoms with Gasteiger partial charge in [0.15, 0.2) is 0 Å². The zero-order valence-corrected chi connectivity index (χ0v) is 14.9. The van der Waals surface area contributed by atoms with Gasteiger partial charge < -0.3 is 0 Å². The molecule has 1 aliphatic rings. The molecular formula is C17H23BrN4. The Labute approximate surface area is 140 Å². The first-order chi connectivity index (χ1) is 10.6. The molecule has 1 fully saturated rings. The number of piperazine rings is 1. The standard InChI is InChI=1S/C17H23BrN4/c1-14-16(11-19-20(14)2)13-22-9-7-21(8-10-22)12-15-3-5-17(18)6-4-15/h3-6,11H,7-10,12-13H2,1-2H3. The lowest BCUT2D eigenvalue weighted by molar-refractivity contribution is 0.122. The lowest BCUT2D eigenvalue weighted by atomic mass is 10.2. The molecule has 1 aliphatic heterocycles. The second-order valence-electron chi connectivity index (χ2n) is 6.06. The van der Waals surface area contributed by atoms with E-state index < -0.39 is 0 Å². The third kappa shape index (κ3) is 3.77. The topological polar surface area (TPSA) is 24.3 Å². The first-order valence-corrected chi connectivity index (χ1v) is 8.58. The van der Waals surface area contributed by atoms with Gasteiger partial charge in [-0.1, -0.05) is 28.1 Å². The summed E-state index contributed by atoms with van der Waals surface area (Å²) in [7, 11) is 2.01. The zero-order valence-electron chi connectivity index (χ0n) is 13.3. The molecule has 0 bridgehead atoms. The third-order valence-corrected chi connectivity index (χ3v) is 5.04. The molecule has 0 amide bonds. The van der Waals surface area contributed by atoms with Gasteiger partial charge in [0.05, 0.1) is 6.20 Å². The molecule has 1 saturated heterocycles. The van der Waals surface area contributed by atoms with Gasteiger partial charge in [0.25, 0.3) is 0 Å². The van der Waals surface area contributed by atoms with E-state index in [1.165, 1.54) is 16.8 Å². The van der Waals surface area contributed by atoms with Crippen molar-refractivity contribution in [2.24, 2.45) is 7.05 Å². The first-order valence-electron chi connectivity index (χ1n) is 7.78. The molecule has 4 nitrogen and oxygen atoms in total. The smallest absolute Gasteiger partial charge is 0.0537 e. The molecule has 1 aromatic heterocycles.